The van der Waals surface area contributed by atoms with Crippen LogP contribution in [0.4, 0.5) is 8.78 Å². The van der Waals surface area contributed by atoms with Gasteiger partial charge in [-0.2, -0.15) is 5.26 Å². The van der Waals surface area contributed by atoms with E-state index in [1.165, 1.54) is 18.2 Å². The zero-order chi connectivity index (χ0) is 13.8. The Bertz CT molecular complexity index is 645. The number of hydrogen-bond donors (Lipinski definition) is 1. The van der Waals surface area contributed by atoms with Crippen molar-refractivity contribution in [2.75, 3.05) is 7.05 Å². The minimum Gasteiger partial charge on any atom is -0.316 e. The number of nitrogens with zero attached hydrogens (tertiary/aromatic N) is 1. The van der Waals surface area contributed by atoms with Crippen molar-refractivity contribution in [1.29, 1.82) is 5.26 Å². The van der Waals surface area contributed by atoms with E-state index in [1.807, 2.05) is 6.07 Å². The van der Waals surface area contributed by atoms with Crippen LogP contribution in [0.3, 0.4) is 0 Å². The minimum atomic E-state index is -0.506. The Labute approximate surface area is 110 Å². The number of nitrogens with one attached hydrogen (secondary N) is 1. The van der Waals surface area contributed by atoms with Gasteiger partial charge in [-0.3, -0.25) is 0 Å². The normalized spacial score (nSPS) is 10.2. The Morgan fingerprint density at radius 1 is 1.11 bits per heavy atom. The van der Waals surface area contributed by atoms with E-state index < -0.39 is 5.82 Å². The molecule has 0 aromatic heterocycles. The predicted octanol–water partition coefficient (Wildman–Crippen LogP) is 3.22. The zero-order valence-electron chi connectivity index (χ0n) is 10.4. The molecular weight excluding hydrogens is 246 g/mol. The van der Waals surface area contributed by atoms with Gasteiger partial charge in [-0.1, -0.05) is 12.1 Å². The number of benzene rings is 2. The highest BCUT2D eigenvalue weighted by atomic mass is 19.1. The van der Waals surface area contributed by atoms with Crippen molar-refractivity contribution in [3.8, 4) is 17.2 Å². The molecule has 0 unspecified atom stereocenters. The number of halogens is 2. The zero-order valence-corrected chi connectivity index (χ0v) is 10.4. The van der Waals surface area contributed by atoms with Gasteiger partial charge in [0.2, 0.25) is 0 Å². The molecular formula is C15H12F2N2. The molecule has 0 spiro atoms. The van der Waals surface area contributed by atoms with Crippen LogP contribution in [-0.2, 0) is 6.54 Å². The first kappa shape index (κ1) is 13.2. The van der Waals surface area contributed by atoms with Gasteiger partial charge in [-0.05, 0) is 42.4 Å². The van der Waals surface area contributed by atoms with E-state index in [2.05, 4.69) is 5.32 Å². The van der Waals surface area contributed by atoms with Gasteiger partial charge >= 0.3 is 0 Å². The van der Waals surface area contributed by atoms with Crippen molar-refractivity contribution in [3.05, 3.63) is 59.2 Å². The second kappa shape index (κ2) is 5.59. The average Bonchev–Trinajstić information content (AvgIpc) is 2.40. The molecule has 0 saturated heterocycles. The molecule has 0 atom stereocenters. The third kappa shape index (κ3) is 2.95. The highest BCUT2D eigenvalue weighted by Gasteiger charge is 2.07. The third-order valence-electron chi connectivity index (χ3n) is 2.78. The topological polar surface area (TPSA) is 35.8 Å². The summed E-state index contributed by atoms with van der Waals surface area (Å²) >= 11 is 0. The first-order valence-electron chi connectivity index (χ1n) is 5.78. The Morgan fingerprint density at radius 2 is 1.89 bits per heavy atom. The summed E-state index contributed by atoms with van der Waals surface area (Å²) in [5.74, 6) is -0.858. The molecule has 0 saturated carbocycles. The van der Waals surface area contributed by atoms with Gasteiger partial charge in [0, 0.05) is 12.1 Å². The molecule has 0 bridgehead atoms. The molecule has 4 heteroatoms. The Balaban J connectivity index is 2.45. The molecule has 1 N–H and O–H groups in total. The van der Waals surface area contributed by atoms with Crippen molar-refractivity contribution < 1.29 is 8.78 Å². The fourth-order valence-electron chi connectivity index (χ4n) is 1.88. The summed E-state index contributed by atoms with van der Waals surface area (Å²) in [4.78, 5) is 0. The van der Waals surface area contributed by atoms with E-state index in [0.29, 0.717) is 23.2 Å². The fourth-order valence-corrected chi connectivity index (χ4v) is 1.88. The van der Waals surface area contributed by atoms with E-state index in [-0.39, 0.29) is 11.4 Å². The van der Waals surface area contributed by atoms with Crippen LogP contribution >= 0.6 is 0 Å². The fraction of sp³-hybridized carbons (Fsp3) is 0.133. The lowest BCUT2D eigenvalue weighted by atomic mass is 10.0. The molecule has 0 aliphatic rings. The maximum Gasteiger partial charge on any atom is 0.128 e. The maximum atomic E-state index is 13.8. The van der Waals surface area contributed by atoms with E-state index in [0.717, 1.165) is 6.07 Å². The van der Waals surface area contributed by atoms with Gasteiger partial charge in [0.1, 0.15) is 11.6 Å². The van der Waals surface area contributed by atoms with Gasteiger partial charge in [0.15, 0.2) is 0 Å². The van der Waals surface area contributed by atoms with E-state index >= 15 is 0 Å². The second-order valence-corrected chi connectivity index (χ2v) is 4.18. The molecule has 2 aromatic rings. The van der Waals surface area contributed by atoms with Gasteiger partial charge < -0.3 is 5.32 Å². The summed E-state index contributed by atoms with van der Waals surface area (Å²) in [7, 11) is 1.74. The van der Waals surface area contributed by atoms with Gasteiger partial charge in [-0.25, -0.2) is 8.78 Å². The number of nitriles is 1. The van der Waals surface area contributed by atoms with Crippen molar-refractivity contribution >= 4 is 0 Å². The third-order valence-corrected chi connectivity index (χ3v) is 2.78. The summed E-state index contributed by atoms with van der Waals surface area (Å²) in [5, 5.41) is 11.7. The van der Waals surface area contributed by atoms with Gasteiger partial charge in [0.25, 0.3) is 0 Å². The van der Waals surface area contributed by atoms with Crippen LogP contribution in [0.5, 0.6) is 0 Å². The van der Waals surface area contributed by atoms with Gasteiger partial charge in [-0.15, -0.1) is 0 Å². The van der Waals surface area contributed by atoms with E-state index in [9.17, 15) is 8.78 Å². The highest BCUT2D eigenvalue weighted by molar-refractivity contribution is 5.65. The molecule has 0 amide bonds. The number of hydrogen-bond acceptors (Lipinski definition) is 2. The largest absolute Gasteiger partial charge is 0.316 e. The summed E-state index contributed by atoms with van der Waals surface area (Å²) < 4.78 is 27.2. The van der Waals surface area contributed by atoms with E-state index in [4.69, 9.17) is 5.26 Å². The van der Waals surface area contributed by atoms with Crippen LogP contribution in [0.25, 0.3) is 11.1 Å². The molecule has 0 radical (unpaired) electrons. The van der Waals surface area contributed by atoms with Crippen LogP contribution in [0, 0.1) is 23.0 Å². The van der Waals surface area contributed by atoms with Crippen LogP contribution in [0.2, 0.25) is 0 Å². The van der Waals surface area contributed by atoms with Crippen molar-refractivity contribution in [2.45, 2.75) is 6.54 Å². The van der Waals surface area contributed by atoms with Crippen molar-refractivity contribution in [1.82, 2.24) is 5.32 Å². The molecule has 19 heavy (non-hydrogen) atoms. The lowest BCUT2D eigenvalue weighted by Crippen LogP contribution is -2.06. The monoisotopic (exact) mass is 258 g/mol. The van der Waals surface area contributed by atoms with Crippen LogP contribution in [0.15, 0.2) is 36.4 Å². The smallest absolute Gasteiger partial charge is 0.128 e. The summed E-state index contributed by atoms with van der Waals surface area (Å²) in [6.07, 6.45) is 0. The Hall–Kier alpha value is -2.25. The SMILES string of the molecule is CNCc1ccc(-c2cc(F)cc(C#N)c2)cc1F. The Morgan fingerprint density at radius 3 is 2.53 bits per heavy atom. The molecule has 96 valence electrons. The van der Waals surface area contributed by atoms with Crippen molar-refractivity contribution in [2.24, 2.45) is 0 Å². The summed E-state index contributed by atoms with van der Waals surface area (Å²) in [6, 6.07) is 10.6. The van der Waals surface area contributed by atoms with E-state index in [1.54, 1.807) is 19.2 Å². The number of rotatable bonds is 3. The quantitative estimate of drug-likeness (QED) is 0.917. The maximum absolute atomic E-state index is 13.8. The second-order valence-electron chi connectivity index (χ2n) is 4.18. The molecule has 0 heterocycles. The van der Waals surface area contributed by atoms with Crippen molar-refractivity contribution in [3.63, 3.8) is 0 Å². The van der Waals surface area contributed by atoms with Gasteiger partial charge in [0.05, 0.1) is 11.6 Å². The first-order valence-corrected chi connectivity index (χ1v) is 5.78. The molecule has 2 nitrogen and oxygen atoms in total. The summed E-state index contributed by atoms with van der Waals surface area (Å²) in [6.45, 7) is 0.429. The van der Waals surface area contributed by atoms with Crippen LogP contribution in [0.1, 0.15) is 11.1 Å². The molecule has 0 aliphatic heterocycles. The Kier molecular flexibility index (Phi) is 3.88. The first-order chi connectivity index (χ1) is 9.13. The standard InChI is InChI=1S/C15H12F2N2/c1-19-9-12-3-2-11(7-15(12)17)13-4-10(8-18)5-14(16)6-13/h2-7,19H,9H2,1H3. The molecule has 0 fully saturated rings. The molecule has 0 aliphatic carbocycles. The lowest BCUT2D eigenvalue weighted by Gasteiger charge is -2.07. The highest BCUT2D eigenvalue weighted by Crippen LogP contribution is 2.24. The molecule has 2 aromatic carbocycles. The average molecular weight is 258 g/mol. The molecule has 2 rings (SSSR count). The minimum absolute atomic E-state index is 0.217. The van der Waals surface area contributed by atoms with Crippen LogP contribution in [-0.4, -0.2) is 7.05 Å². The lowest BCUT2D eigenvalue weighted by molar-refractivity contribution is 0.601. The summed E-state index contributed by atoms with van der Waals surface area (Å²) in [5.41, 5.74) is 1.80. The predicted molar refractivity (Wildman–Crippen MR) is 69.3 cm³/mol. The van der Waals surface area contributed by atoms with Crippen LogP contribution < -0.4 is 5.32 Å².